The SMILES string of the molecule is Cc1nc(-c2cccc(NC(=O)C3CN(c4ncnc5c4nnn5C)C3)c2)cs1. The molecule has 0 atom stereocenters. The van der Waals surface area contributed by atoms with Gasteiger partial charge in [0, 0.05) is 36.8 Å². The van der Waals surface area contributed by atoms with Gasteiger partial charge in [-0.3, -0.25) is 4.79 Å². The lowest BCUT2D eigenvalue weighted by Gasteiger charge is -2.38. The molecule has 5 rings (SSSR count). The van der Waals surface area contributed by atoms with Gasteiger partial charge in [0.15, 0.2) is 17.0 Å². The molecule has 29 heavy (non-hydrogen) atoms. The zero-order valence-electron chi connectivity index (χ0n) is 15.9. The van der Waals surface area contributed by atoms with Gasteiger partial charge in [0.05, 0.1) is 16.6 Å². The van der Waals surface area contributed by atoms with Crippen molar-refractivity contribution in [2.75, 3.05) is 23.3 Å². The van der Waals surface area contributed by atoms with Gasteiger partial charge in [-0.2, -0.15) is 0 Å². The van der Waals surface area contributed by atoms with E-state index in [1.54, 1.807) is 23.1 Å². The molecule has 4 heterocycles. The van der Waals surface area contributed by atoms with E-state index < -0.39 is 0 Å². The number of hydrogen-bond acceptors (Lipinski definition) is 8. The molecule has 0 radical (unpaired) electrons. The standard InChI is InChI=1S/C19H18N8OS/c1-11-22-15(9-29-11)12-4-3-5-14(6-12)23-19(28)13-7-27(8-13)18-16-17(20-10-21-18)26(2)25-24-16/h3-6,9-10,13H,7-8H2,1-2H3,(H,23,28). The summed E-state index contributed by atoms with van der Waals surface area (Å²) >= 11 is 1.61. The van der Waals surface area contributed by atoms with E-state index in [1.165, 1.54) is 6.33 Å². The minimum Gasteiger partial charge on any atom is -0.353 e. The van der Waals surface area contributed by atoms with Crippen molar-refractivity contribution >= 4 is 39.9 Å². The highest BCUT2D eigenvalue weighted by Gasteiger charge is 2.35. The molecule has 1 saturated heterocycles. The molecule has 1 aliphatic rings. The van der Waals surface area contributed by atoms with E-state index in [4.69, 9.17) is 0 Å². The summed E-state index contributed by atoms with van der Waals surface area (Å²) in [5.41, 5.74) is 4.02. The number of aromatic nitrogens is 6. The molecule has 0 aliphatic carbocycles. The molecule has 146 valence electrons. The van der Waals surface area contributed by atoms with E-state index in [9.17, 15) is 4.79 Å². The highest BCUT2D eigenvalue weighted by Crippen LogP contribution is 2.29. The number of benzene rings is 1. The molecule has 1 aromatic carbocycles. The number of fused-ring (bicyclic) bond motifs is 1. The van der Waals surface area contributed by atoms with Crippen molar-refractivity contribution in [1.29, 1.82) is 0 Å². The predicted molar refractivity (Wildman–Crippen MR) is 111 cm³/mol. The molecule has 1 fully saturated rings. The normalized spacial score (nSPS) is 14.2. The molecule has 0 unspecified atom stereocenters. The van der Waals surface area contributed by atoms with Crippen molar-refractivity contribution in [1.82, 2.24) is 29.9 Å². The van der Waals surface area contributed by atoms with E-state index in [2.05, 4.69) is 30.6 Å². The third-order valence-corrected chi connectivity index (χ3v) is 5.74. The molecule has 0 spiro atoms. The fraction of sp³-hybridized carbons (Fsp3) is 0.263. The van der Waals surface area contributed by atoms with Crippen molar-refractivity contribution in [3.8, 4) is 11.3 Å². The molecule has 10 heteroatoms. The first-order valence-corrected chi connectivity index (χ1v) is 10.1. The van der Waals surface area contributed by atoms with Crippen LogP contribution in [-0.4, -0.2) is 48.9 Å². The first-order chi connectivity index (χ1) is 14.1. The van der Waals surface area contributed by atoms with Crippen LogP contribution >= 0.6 is 11.3 Å². The summed E-state index contributed by atoms with van der Waals surface area (Å²) in [5, 5.41) is 14.2. The Kier molecular flexibility index (Phi) is 4.20. The Morgan fingerprint density at radius 2 is 2.14 bits per heavy atom. The van der Waals surface area contributed by atoms with Crippen LogP contribution in [0, 0.1) is 12.8 Å². The number of nitrogens with zero attached hydrogens (tertiary/aromatic N) is 7. The summed E-state index contributed by atoms with van der Waals surface area (Å²) in [7, 11) is 1.79. The first-order valence-electron chi connectivity index (χ1n) is 9.17. The van der Waals surface area contributed by atoms with Crippen LogP contribution in [0.5, 0.6) is 0 Å². The van der Waals surface area contributed by atoms with Crippen molar-refractivity contribution < 1.29 is 4.79 Å². The van der Waals surface area contributed by atoms with Crippen LogP contribution in [0.25, 0.3) is 22.4 Å². The zero-order valence-corrected chi connectivity index (χ0v) is 16.7. The lowest BCUT2D eigenvalue weighted by Crippen LogP contribution is -2.52. The Morgan fingerprint density at radius 3 is 2.93 bits per heavy atom. The van der Waals surface area contributed by atoms with Crippen molar-refractivity contribution in [3.63, 3.8) is 0 Å². The second-order valence-corrected chi connectivity index (χ2v) is 8.07. The number of anilines is 2. The van der Waals surface area contributed by atoms with Gasteiger partial charge >= 0.3 is 0 Å². The second kappa shape index (κ2) is 6.89. The number of carbonyl (C=O) groups is 1. The lowest BCUT2D eigenvalue weighted by molar-refractivity contribution is -0.120. The van der Waals surface area contributed by atoms with Gasteiger partial charge in [-0.25, -0.2) is 19.6 Å². The third kappa shape index (κ3) is 3.21. The maximum absolute atomic E-state index is 12.7. The van der Waals surface area contributed by atoms with E-state index >= 15 is 0 Å². The van der Waals surface area contributed by atoms with E-state index in [1.807, 2.05) is 41.5 Å². The molecule has 1 N–H and O–H groups in total. The molecular weight excluding hydrogens is 388 g/mol. The van der Waals surface area contributed by atoms with Gasteiger partial charge in [-0.1, -0.05) is 17.3 Å². The average molecular weight is 406 g/mol. The lowest BCUT2D eigenvalue weighted by atomic mass is 9.99. The van der Waals surface area contributed by atoms with Gasteiger partial charge in [0.1, 0.15) is 6.33 Å². The summed E-state index contributed by atoms with van der Waals surface area (Å²) in [5.74, 6) is 0.604. The fourth-order valence-corrected chi connectivity index (χ4v) is 4.01. The number of amides is 1. The molecule has 1 aliphatic heterocycles. The minimum absolute atomic E-state index is 0.00250. The fourth-order valence-electron chi connectivity index (χ4n) is 3.39. The molecule has 9 nitrogen and oxygen atoms in total. The Balaban J connectivity index is 1.26. The Morgan fingerprint density at radius 1 is 1.28 bits per heavy atom. The third-order valence-electron chi connectivity index (χ3n) is 4.97. The highest BCUT2D eigenvalue weighted by atomic mass is 32.1. The predicted octanol–water partition coefficient (Wildman–Crippen LogP) is 2.27. The Labute approximate surface area is 170 Å². The van der Waals surface area contributed by atoms with Gasteiger partial charge < -0.3 is 10.2 Å². The zero-order chi connectivity index (χ0) is 20.0. The van der Waals surface area contributed by atoms with Crippen molar-refractivity contribution in [2.45, 2.75) is 6.92 Å². The maximum Gasteiger partial charge on any atom is 0.231 e. The number of carbonyl (C=O) groups excluding carboxylic acids is 1. The Bertz CT molecular complexity index is 1210. The van der Waals surface area contributed by atoms with Gasteiger partial charge in [0.25, 0.3) is 0 Å². The van der Waals surface area contributed by atoms with Crippen LogP contribution < -0.4 is 10.2 Å². The molecule has 4 aromatic rings. The molecular formula is C19H18N8OS. The van der Waals surface area contributed by atoms with E-state index in [-0.39, 0.29) is 11.8 Å². The Hall–Kier alpha value is -3.40. The van der Waals surface area contributed by atoms with Crippen LogP contribution in [0.2, 0.25) is 0 Å². The van der Waals surface area contributed by atoms with Crippen LogP contribution in [0.1, 0.15) is 5.01 Å². The molecule has 3 aromatic heterocycles. The number of aryl methyl sites for hydroxylation is 2. The van der Waals surface area contributed by atoms with Crippen LogP contribution in [-0.2, 0) is 11.8 Å². The molecule has 0 bridgehead atoms. The largest absolute Gasteiger partial charge is 0.353 e. The summed E-state index contributed by atoms with van der Waals surface area (Å²) in [4.78, 5) is 27.7. The average Bonchev–Trinajstić information content (AvgIpc) is 3.28. The number of nitrogens with one attached hydrogen (secondary N) is 1. The van der Waals surface area contributed by atoms with E-state index in [0.29, 0.717) is 30.1 Å². The van der Waals surface area contributed by atoms with Crippen molar-refractivity contribution in [2.24, 2.45) is 13.0 Å². The smallest absolute Gasteiger partial charge is 0.231 e. The summed E-state index contributed by atoms with van der Waals surface area (Å²) in [6.45, 7) is 3.15. The summed E-state index contributed by atoms with van der Waals surface area (Å²) in [6.07, 6.45) is 1.50. The monoisotopic (exact) mass is 406 g/mol. The van der Waals surface area contributed by atoms with Crippen LogP contribution in [0.3, 0.4) is 0 Å². The second-order valence-electron chi connectivity index (χ2n) is 7.01. The number of hydrogen-bond donors (Lipinski definition) is 1. The van der Waals surface area contributed by atoms with Crippen LogP contribution in [0.4, 0.5) is 11.5 Å². The van der Waals surface area contributed by atoms with Crippen LogP contribution in [0.15, 0.2) is 36.0 Å². The summed E-state index contributed by atoms with van der Waals surface area (Å²) in [6, 6.07) is 7.77. The highest BCUT2D eigenvalue weighted by molar-refractivity contribution is 7.09. The minimum atomic E-state index is -0.109. The molecule has 1 amide bonds. The molecule has 0 saturated carbocycles. The number of rotatable bonds is 4. The first kappa shape index (κ1) is 17.7. The van der Waals surface area contributed by atoms with Gasteiger partial charge in [0.2, 0.25) is 5.91 Å². The van der Waals surface area contributed by atoms with Crippen molar-refractivity contribution in [3.05, 3.63) is 41.0 Å². The van der Waals surface area contributed by atoms with E-state index in [0.717, 1.165) is 22.0 Å². The number of thiazole rings is 1. The topological polar surface area (TPSA) is 102 Å². The van der Waals surface area contributed by atoms with Gasteiger partial charge in [-0.05, 0) is 19.1 Å². The summed E-state index contributed by atoms with van der Waals surface area (Å²) < 4.78 is 1.61. The quantitative estimate of drug-likeness (QED) is 0.555. The maximum atomic E-state index is 12.7. The van der Waals surface area contributed by atoms with Gasteiger partial charge in [-0.15, -0.1) is 16.4 Å².